The van der Waals surface area contributed by atoms with Gasteiger partial charge >= 0.3 is 5.97 Å². The number of rotatable bonds is 6. The largest absolute Gasteiger partial charge is 0.490 e. The van der Waals surface area contributed by atoms with Crippen molar-refractivity contribution in [3.8, 4) is 17.2 Å². The monoisotopic (exact) mass is 300 g/mol. The van der Waals surface area contributed by atoms with Gasteiger partial charge < -0.3 is 14.2 Å². The third kappa shape index (κ3) is 4.25. The Kier molecular flexibility index (Phi) is 5.42. The fourth-order valence-electron chi connectivity index (χ4n) is 1.94. The van der Waals surface area contributed by atoms with E-state index in [-0.39, 0.29) is 0 Å². The lowest BCUT2D eigenvalue weighted by atomic mass is 10.2. The highest BCUT2D eigenvalue weighted by Crippen LogP contribution is 2.27. The zero-order chi connectivity index (χ0) is 15.9. The van der Waals surface area contributed by atoms with Crippen molar-refractivity contribution in [2.24, 2.45) is 0 Å². The topological polar surface area (TPSA) is 44.8 Å². The van der Waals surface area contributed by atoms with E-state index in [2.05, 4.69) is 0 Å². The Bertz CT molecular complexity index is 636. The maximum absolute atomic E-state index is 12.2. The predicted molar refractivity (Wildman–Crippen MR) is 84.5 cm³/mol. The number of aryl methyl sites for hydroxylation is 1. The first-order chi connectivity index (χ1) is 10.6. The van der Waals surface area contributed by atoms with E-state index >= 15 is 0 Å². The standard InChI is InChI=1S/C18H20O4/c1-4-20-16-10-5-6-11-17(16)22-18(19)14(3)21-15-9-7-8-13(2)12-15/h5-12,14H,4H2,1-3H3. The molecule has 22 heavy (non-hydrogen) atoms. The maximum Gasteiger partial charge on any atom is 0.352 e. The minimum atomic E-state index is -0.712. The fraction of sp³-hybridized carbons (Fsp3) is 0.278. The lowest BCUT2D eigenvalue weighted by Gasteiger charge is -2.15. The molecule has 0 amide bonds. The Labute approximate surface area is 130 Å². The van der Waals surface area contributed by atoms with Crippen LogP contribution < -0.4 is 14.2 Å². The van der Waals surface area contributed by atoms with Crippen LogP contribution in [0.2, 0.25) is 0 Å². The first-order valence-electron chi connectivity index (χ1n) is 7.27. The van der Waals surface area contributed by atoms with Crippen LogP contribution in [0.3, 0.4) is 0 Å². The minimum Gasteiger partial charge on any atom is -0.490 e. The molecule has 2 aromatic rings. The van der Waals surface area contributed by atoms with Crippen LogP contribution in [0.25, 0.3) is 0 Å². The highest BCUT2D eigenvalue weighted by atomic mass is 16.6. The van der Waals surface area contributed by atoms with E-state index in [0.717, 1.165) is 5.56 Å². The van der Waals surface area contributed by atoms with Crippen molar-refractivity contribution in [3.05, 3.63) is 54.1 Å². The summed E-state index contributed by atoms with van der Waals surface area (Å²) in [6.07, 6.45) is -0.712. The average molecular weight is 300 g/mol. The van der Waals surface area contributed by atoms with Gasteiger partial charge in [-0.05, 0) is 50.6 Å². The molecule has 0 N–H and O–H groups in total. The molecule has 0 heterocycles. The van der Waals surface area contributed by atoms with Gasteiger partial charge in [-0.25, -0.2) is 4.79 Å². The number of hydrogen-bond donors (Lipinski definition) is 0. The molecule has 4 heteroatoms. The van der Waals surface area contributed by atoms with Crippen molar-refractivity contribution >= 4 is 5.97 Å². The number of para-hydroxylation sites is 2. The first-order valence-corrected chi connectivity index (χ1v) is 7.27. The highest BCUT2D eigenvalue weighted by molar-refractivity contribution is 5.77. The second-order valence-corrected chi connectivity index (χ2v) is 4.88. The van der Waals surface area contributed by atoms with Gasteiger partial charge in [0.15, 0.2) is 17.6 Å². The predicted octanol–water partition coefficient (Wildman–Crippen LogP) is 3.77. The van der Waals surface area contributed by atoms with E-state index in [1.54, 1.807) is 25.1 Å². The van der Waals surface area contributed by atoms with Crippen molar-refractivity contribution in [1.29, 1.82) is 0 Å². The van der Waals surface area contributed by atoms with Gasteiger partial charge in [0.2, 0.25) is 0 Å². The molecule has 1 atom stereocenters. The van der Waals surface area contributed by atoms with Crippen molar-refractivity contribution < 1.29 is 19.0 Å². The number of carbonyl (C=O) groups excluding carboxylic acids is 1. The molecule has 2 rings (SSSR count). The lowest BCUT2D eigenvalue weighted by molar-refractivity contribution is -0.141. The second-order valence-electron chi connectivity index (χ2n) is 4.88. The van der Waals surface area contributed by atoms with Crippen LogP contribution in [0.5, 0.6) is 17.2 Å². The molecule has 116 valence electrons. The number of ether oxygens (including phenoxy) is 3. The highest BCUT2D eigenvalue weighted by Gasteiger charge is 2.19. The van der Waals surface area contributed by atoms with Crippen LogP contribution in [0.1, 0.15) is 19.4 Å². The average Bonchev–Trinajstić information content (AvgIpc) is 2.49. The van der Waals surface area contributed by atoms with Crippen LogP contribution in [-0.2, 0) is 4.79 Å². The minimum absolute atomic E-state index is 0.397. The maximum atomic E-state index is 12.2. The summed E-state index contributed by atoms with van der Waals surface area (Å²) in [6, 6.07) is 14.6. The van der Waals surface area contributed by atoms with E-state index in [9.17, 15) is 4.79 Å². The SMILES string of the molecule is CCOc1ccccc1OC(=O)C(C)Oc1cccc(C)c1. The molecular weight excluding hydrogens is 280 g/mol. The Morgan fingerprint density at radius 1 is 1.09 bits per heavy atom. The summed E-state index contributed by atoms with van der Waals surface area (Å²) in [7, 11) is 0. The van der Waals surface area contributed by atoms with E-state index in [1.165, 1.54) is 0 Å². The third-order valence-electron chi connectivity index (χ3n) is 2.99. The van der Waals surface area contributed by atoms with Gasteiger partial charge in [0.05, 0.1) is 6.61 Å². The van der Waals surface area contributed by atoms with Crippen molar-refractivity contribution in [2.75, 3.05) is 6.61 Å². The zero-order valence-corrected chi connectivity index (χ0v) is 13.0. The van der Waals surface area contributed by atoms with Gasteiger partial charge in [-0.15, -0.1) is 0 Å². The molecule has 0 aliphatic carbocycles. The first kappa shape index (κ1) is 15.9. The Morgan fingerprint density at radius 3 is 2.50 bits per heavy atom. The van der Waals surface area contributed by atoms with Crippen LogP contribution in [-0.4, -0.2) is 18.7 Å². The second kappa shape index (κ2) is 7.50. The fourth-order valence-corrected chi connectivity index (χ4v) is 1.94. The molecule has 4 nitrogen and oxygen atoms in total. The van der Waals surface area contributed by atoms with E-state index in [0.29, 0.717) is 23.9 Å². The summed E-state index contributed by atoms with van der Waals surface area (Å²) in [6.45, 7) is 6.01. The van der Waals surface area contributed by atoms with Crippen molar-refractivity contribution in [2.45, 2.75) is 26.9 Å². The molecule has 0 saturated carbocycles. The van der Waals surface area contributed by atoms with Gasteiger partial charge in [0, 0.05) is 0 Å². The van der Waals surface area contributed by atoms with E-state index in [4.69, 9.17) is 14.2 Å². The van der Waals surface area contributed by atoms with Gasteiger partial charge in [-0.2, -0.15) is 0 Å². The Balaban J connectivity index is 2.02. The van der Waals surface area contributed by atoms with Gasteiger partial charge in [0.25, 0.3) is 0 Å². The molecule has 0 saturated heterocycles. The van der Waals surface area contributed by atoms with E-state index < -0.39 is 12.1 Å². The Morgan fingerprint density at radius 2 is 1.82 bits per heavy atom. The zero-order valence-electron chi connectivity index (χ0n) is 13.0. The smallest absolute Gasteiger partial charge is 0.352 e. The van der Waals surface area contributed by atoms with E-state index in [1.807, 2.05) is 44.2 Å². The molecule has 0 radical (unpaired) electrons. The molecule has 0 aliphatic heterocycles. The molecule has 0 aromatic heterocycles. The van der Waals surface area contributed by atoms with Crippen molar-refractivity contribution in [3.63, 3.8) is 0 Å². The molecule has 2 aromatic carbocycles. The summed E-state index contributed by atoms with van der Waals surface area (Å²) in [5.41, 5.74) is 1.07. The third-order valence-corrected chi connectivity index (χ3v) is 2.99. The molecule has 0 aliphatic rings. The number of esters is 1. The Hall–Kier alpha value is -2.49. The summed E-state index contributed by atoms with van der Waals surface area (Å²) < 4.78 is 16.4. The summed E-state index contributed by atoms with van der Waals surface area (Å²) in [5.74, 6) is 1.12. The molecule has 1 unspecified atom stereocenters. The number of hydrogen-bond acceptors (Lipinski definition) is 4. The summed E-state index contributed by atoms with van der Waals surface area (Å²) >= 11 is 0. The van der Waals surface area contributed by atoms with Gasteiger partial charge in [-0.3, -0.25) is 0 Å². The molecule has 0 bridgehead atoms. The van der Waals surface area contributed by atoms with Crippen LogP contribution in [0.15, 0.2) is 48.5 Å². The number of carbonyl (C=O) groups is 1. The van der Waals surface area contributed by atoms with Crippen LogP contribution in [0.4, 0.5) is 0 Å². The summed E-state index contributed by atoms with van der Waals surface area (Å²) in [4.78, 5) is 12.2. The normalized spacial score (nSPS) is 11.6. The molecular formula is C18H20O4. The van der Waals surface area contributed by atoms with Crippen molar-refractivity contribution in [1.82, 2.24) is 0 Å². The molecule has 0 spiro atoms. The quantitative estimate of drug-likeness (QED) is 0.602. The number of benzene rings is 2. The lowest BCUT2D eigenvalue weighted by Crippen LogP contribution is -2.28. The summed E-state index contributed by atoms with van der Waals surface area (Å²) in [5, 5.41) is 0. The van der Waals surface area contributed by atoms with Crippen LogP contribution >= 0.6 is 0 Å². The van der Waals surface area contributed by atoms with Crippen LogP contribution in [0, 0.1) is 6.92 Å². The van der Waals surface area contributed by atoms with Gasteiger partial charge in [0.1, 0.15) is 5.75 Å². The van der Waals surface area contributed by atoms with Gasteiger partial charge in [-0.1, -0.05) is 24.3 Å². The molecule has 0 fully saturated rings.